The van der Waals surface area contributed by atoms with E-state index < -0.39 is 0 Å². The summed E-state index contributed by atoms with van der Waals surface area (Å²) in [4.78, 5) is 0. The van der Waals surface area contributed by atoms with Crippen molar-refractivity contribution in [2.75, 3.05) is 14.1 Å². The molecule has 0 N–H and O–H groups in total. The molecule has 0 aromatic heterocycles. The van der Waals surface area contributed by atoms with Gasteiger partial charge in [0.25, 0.3) is 0 Å². The lowest BCUT2D eigenvalue weighted by molar-refractivity contribution is 0.229. The van der Waals surface area contributed by atoms with Crippen LogP contribution in [0.25, 0.3) is 11.1 Å². The molecular weight excluding hydrogens is 290 g/mol. The molecule has 1 heteroatoms. The molecule has 0 spiro atoms. The molecule has 122 valence electrons. The summed E-state index contributed by atoms with van der Waals surface area (Å²) >= 11 is 0. The van der Waals surface area contributed by atoms with Crippen molar-refractivity contribution in [1.29, 1.82) is 0 Å². The van der Waals surface area contributed by atoms with Gasteiger partial charge in [-0.25, -0.2) is 0 Å². The van der Waals surface area contributed by atoms with E-state index in [0.29, 0.717) is 0 Å². The lowest BCUT2D eigenvalue weighted by Gasteiger charge is -2.46. The number of quaternary nitrogens is 1. The van der Waals surface area contributed by atoms with Crippen LogP contribution >= 0.6 is 0 Å². The number of benzene rings is 2. The molecule has 2 aromatic rings. The van der Waals surface area contributed by atoms with Crippen molar-refractivity contribution < 1.29 is 0 Å². The highest BCUT2D eigenvalue weighted by Gasteiger charge is 2.42. The number of rotatable bonds is 2. The summed E-state index contributed by atoms with van der Waals surface area (Å²) in [5.41, 5.74) is 7.43. The summed E-state index contributed by atoms with van der Waals surface area (Å²) in [5, 5.41) is 0. The standard InChI is InChI=1S/C23H26N/c1-23(16-7-4-8-17-23)24(2,3)22-13-9-12-20-19-11-6-5-10-18(19)14-15-21(20)22/h4-13,16H,14-15,17H2,1-3H3/q+1. The van der Waals surface area contributed by atoms with Crippen molar-refractivity contribution in [2.45, 2.75) is 31.7 Å². The zero-order chi connectivity index (χ0) is 16.8. The van der Waals surface area contributed by atoms with Gasteiger partial charge in [-0.05, 0) is 48.6 Å². The van der Waals surface area contributed by atoms with Crippen LogP contribution in [-0.2, 0) is 12.8 Å². The van der Waals surface area contributed by atoms with E-state index in [1.54, 1.807) is 0 Å². The molecule has 1 atom stereocenters. The van der Waals surface area contributed by atoms with Crippen LogP contribution in [0.15, 0.2) is 66.8 Å². The Morgan fingerprint density at radius 1 is 0.875 bits per heavy atom. The van der Waals surface area contributed by atoms with Crippen molar-refractivity contribution in [3.63, 3.8) is 0 Å². The second kappa shape index (κ2) is 5.46. The van der Waals surface area contributed by atoms with E-state index >= 15 is 0 Å². The summed E-state index contributed by atoms with van der Waals surface area (Å²) in [6, 6.07) is 15.8. The lowest BCUT2D eigenvalue weighted by Crippen LogP contribution is -2.58. The minimum Gasteiger partial charge on any atom is -0.288 e. The SMILES string of the molecule is CC1([N+](C)(C)c2cccc3c2CCc2ccccc2-3)C=CC=CC1. The minimum atomic E-state index is 0.0981. The van der Waals surface area contributed by atoms with Gasteiger partial charge in [0.05, 0.1) is 14.1 Å². The highest BCUT2D eigenvalue weighted by molar-refractivity contribution is 5.78. The van der Waals surface area contributed by atoms with Crippen LogP contribution in [0.3, 0.4) is 0 Å². The molecular formula is C23H26N+. The van der Waals surface area contributed by atoms with Crippen LogP contribution in [0, 0.1) is 0 Å². The Morgan fingerprint density at radius 2 is 1.67 bits per heavy atom. The molecule has 0 aliphatic heterocycles. The van der Waals surface area contributed by atoms with E-state index in [-0.39, 0.29) is 5.54 Å². The zero-order valence-electron chi connectivity index (χ0n) is 14.9. The van der Waals surface area contributed by atoms with Crippen LogP contribution in [0.1, 0.15) is 24.5 Å². The summed E-state index contributed by atoms with van der Waals surface area (Å²) in [6.45, 7) is 2.38. The van der Waals surface area contributed by atoms with Crippen molar-refractivity contribution in [2.24, 2.45) is 0 Å². The average molecular weight is 316 g/mol. The molecule has 24 heavy (non-hydrogen) atoms. The maximum atomic E-state index is 2.38. The molecule has 4 rings (SSSR count). The summed E-state index contributed by atoms with van der Waals surface area (Å²) in [7, 11) is 4.72. The third-order valence-corrected chi connectivity index (χ3v) is 6.22. The molecule has 0 heterocycles. The van der Waals surface area contributed by atoms with Crippen LogP contribution in [-0.4, -0.2) is 19.6 Å². The predicted octanol–water partition coefficient (Wildman–Crippen LogP) is 5.29. The number of nitrogens with zero attached hydrogens (tertiary/aromatic N) is 1. The highest BCUT2D eigenvalue weighted by Crippen LogP contribution is 2.43. The van der Waals surface area contributed by atoms with E-state index in [0.717, 1.165) is 23.7 Å². The number of hydrogen-bond donors (Lipinski definition) is 0. The first kappa shape index (κ1) is 15.4. The molecule has 0 fully saturated rings. The number of likely N-dealkylation sites (N-methyl/N-ethyl adjacent to an activating group) is 1. The van der Waals surface area contributed by atoms with Gasteiger partial charge in [-0.15, -0.1) is 0 Å². The van der Waals surface area contributed by atoms with Gasteiger partial charge >= 0.3 is 0 Å². The molecule has 0 radical (unpaired) electrons. The molecule has 0 saturated heterocycles. The third kappa shape index (κ3) is 2.19. The Labute approximate surface area is 145 Å². The molecule has 2 aliphatic rings. The second-order valence-electron chi connectivity index (χ2n) is 7.76. The monoisotopic (exact) mass is 316 g/mol. The quantitative estimate of drug-likeness (QED) is 0.660. The predicted molar refractivity (Wildman–Crippen MR) is 104 cm³/mol. The molecule has 0 saturated carbocycles. The normalized spacial score (nSPS) is 22.1. The van der Waals surface area contributed by atoms with Crippen molar-refractivity contribution in [3.05, 3.63) is 77.9 Å². The fourth-order valence-corrected chi connectivity index (χ4v) is 4.28. The molecule has 1 nitrogen and oxygen atoms in total. The zero-order valence-corrected chi connectivity index (χ0v) is 14.9. The van der Waals surface area contributed by atoms with E-state index in [9.17, 15) is 0 Å². The molecule has 0 bridgehead atoms. The Hall–Kier alpha value is -2.12. The first-order valence-electron chi connectivity index (χ1n) is 8.92. The van der Waals surface area contributed by atoms with Gasteiger partial charge in [-0.1, -0.05) is 54.6 Å². The molecule has 2 aliphatic carbocycles. The molecule has 2 aromatic carbocycles. The second-order valence-corrected chi connectivity index (χ2v) is 7.76. The molecule has 0 amide bonds. The first-order chi connectivity index (χ1) is 11.5. The van der Waals surface area contributed by atoms with Gasteiger partial charge in [-0.3, -0.25) is 4.48 Å². The number of aryl methyl sites for hydroxylation is 1. The largest absolute Gasteiger partial charge is 0.288 e. The fraction of sp³-hybridized carbons (Fsp3) is 0.304. The lowest BCUT2D eigenvalue weighted by atomic mass is 9.82. The van der Waals surface area contributed by atoms with Crippen LogP contribution in [0.5, 0.6) is 0 Å². The van der Waals surface area contributed by atoms with Gasteiger partial charge < -0.3 is 0 Å². The van der Waals surface area contributed by atoms with Gasteiger partial charge in [0.2, 0.25) is 0 Å². The molecule has 1 unspecified atom stereocenters. The van der Waals surface area contributed by atoms with Crippen molar-refractivity contribution >= 4 is 5.69 Å². The van der Waals surface area contributed by atoms with Crippen LogP contribution in [0.2, 0.25) is 0 Å². The van der Waals surface area contributed by atoms with E-state index in [4.69, 9.17) is 0 Å². The van der Waals surface area contributed by atoms with Crippen molar-refractivity contribution in [3.8, 4) is 11.1 Å². The number of allylic oxidation sites excluding steroid dienone is 2. The average Bonchev–Trinajstić information content (AvgIpc) is 2.61. The topological polar surface area (TPSA) is 0 Å². The van der Waals surface area contributed by atoms with E-state index in [2.05, 4.69) is 87.8 Å². The van der Waals surface area contributed by atoms with Crippen LogP contribution < -0.4 is 4.48 Å². The number of hydrogen-bond acceptors (Lipinski definition) is 0. The number of fused-ring (bicyclic) bond motifs is 3. The van der Waals surface area contributed by atoms with Crippen LogP contribution in [0.4, 0.5) is 5.69 Å². The summed E-state index contributed by atoms with van der Waals surface area (Å²) in [5.74, 6) is 0. The van der Waals surface area contributed by atoms with Gasteiger partial charge in [0.1, 0.15) is 11.2 Å². The third-order valence-electron chi connectivity index (χ3n) is 6.22. The van der Waals surface area contributed by atoms with E-state index in [1.165, 1.54) is 27.9 Å². The Kier molecular flexibility index (Phi) is 3.51. The van der Waals surface area contributed by atoms with Crippen molar-refractivity contribution in [1.82, 2.24) is 4.48 Å². The van der Waals surface area contributed by atoms with Gasteiger partial charge in [0.15, 0.2) is 0 Å². The Morgan fingerprint density at radius 3 is 2.46 bits per heavy atom. The van der Waals surface area contributed by atoms with E-state index in [1.807, 2.05) is 0 Å². The van der Waals surface area contributed by atoms with Gasteiger partial charge in [-0.2, -0.15) is 0 Å². The fourth-order valence-electron chi connectivity index (χ4n) is 4.28. The smallest absolute Gasteiger partial charge is 0.136 e. The maximum Gasteiger partial charge on any atom is 0.136 e. The minimum absolute atomic E-state index is 0.0981. The Bertz CT molecular complexity index is 841. The Balaban J connectivity index is 1.87. The first-order valence-corrected chi connectivity index (χ1v) is 8.92. The maximum absolute atomic E-state index is 2.38. The van der Waals surface area contributed by atoms with Gasteiger partial charge in [0, 0.05) is 12.0 Å². The summed E-state index contributed by atoms with van der Waals surface area (Å²) in [6.07, 6.45) is 12.4. The summed E-state index contributed by atoms with van der Waals surface area (Å²) < 4.78 is 0.888. The highest BCUT2D eigenvalue weighted by atomic mass is 15.4.